The molecule has 0 atom stereocenters. The molecule has 1 aliphatic rings. The third kappa shape index (κ3) is 3.75. The number of carbonyl (C=O) groups excluding carboxylic acids is 1. The first-order valence-electron chi connectivity index (χ1n) is 7.04. The molecule has 0 spiro atoms. The second-order valence-electron chi connectivity index (χ2n) is 6.50. The zero-order chi connectivity index (χ0) is 14.8. The molecule has 0 aromatic heterocycles. The molecule has 1 amide bonds. The Morgan fingerprint density at radius 3 is 2.35 bits per heavy atom. The molecular formula is C16H22BrNO2. The van der Waals surface area contributed by atoms with E-state index in [0.29, 0.717) is 6.54 Å². The molecule has 1 aliphatic carbocycles. The van der Waals surface area contributed by atoms with Crippen LogP contribution in [0.4, 0.5) is 4.79 Å². The molecular weight excluding hydrogens is 318 g/mol. The normalized spacial score (nSPS) is 17.2. The van der Waals surface area contributed by atoms with Gasteiger partial charge in [-0.2, -0.15) is 0 Å². The summed E-state index contributed by atoms with van der Waals surface area (Å²) < 4.78 is 6.38. The Kier molecular flexibility index (Phi) is 4.43. The van der Waals surface area contributed by atoms with Crippen molar-refractivity contribution in [3.8, 4) is 0 Å². The van der Waals surface area contributed by atoms with Crippen LogP contribution in [0.1, 0.15) is 45.6 Å². The molecule has 0 heterocycles. The van der Waals surface area contributed by atoms with Gasteiger partial charge in [-0.1, -0.05) is 34.5 Å². The van der Waals surface area contributed by atoms with Gasteiger partial charge in [-0.15, -0.1) is 0 Å². The lowest BCUT2D eigenvalue weighted by Gasteiger charge is -2.42. The Balaban J connectivity index is 1.98. The van der Waals surface area contributed by atoms with Crippen molar-refractivity contribution in [2.45, 2.75) is 51.0 Å². The number of carbonyl (C=O) groups is 1. The van der Waals surface area contributed by atoms with Crippen LogP contribution in [0, 0.1) is 0 Å². The predicted octanol–water partition coefficient (Wildman–Crippen LogP) is 4.40. The fraction of sp³-hybridized carbons (Fsp3) is 0.562. The van der Waals surface area contributed by atoms with Gasteiger partial charge >= 0.3 is 6.09 Å². The van der Waals surface area contributed by atoms with E-state index < -0.39 is 5.60 Å². The molecule has 1 saturated carbocycles. The van der Waals surface area contributed by atoms with Crippen LogP contribution in [-0.4, -0.2) is 18.2 Å². The number of hydrogen-bond acceptors (Lipinski definition) is 2. The van der Waals surface area contributed by atoms with E-state index in [4.69, 9.17) is 4.74 Å². The average molecular weight is 340 g/mol. The van der Waals surface area contributed by atoms with Crippen LogP contribution < -0.4 is 5.32 Å². The van der Waals surface area contributed by atoms with E-state index in [1.165, 1.54) is 12.0 Å². The molecule has 20 heavy (non-hydrogen) atoms. The van der Waals surface area contributed by atoms with Crippen LogP contribution in [0.2, 0.25) is 0 Å². The standard InChI is InChI=1S/C16H22BrNO2/c1-15(2,3)20-14(19)18-11-16(9-4-10-16)12-5-7-13(17)8-6-12/h5-8H,4,9-11H2,1-3H3,(H,18,19). The Morgan fingerprint density at radius 1 is 1.30 bits per heavy atom. The lowest BCUT2D eigenvalue weighted by Crippen LogP contribution is -2.46. The van der Waals surface area contributed by atoms with E-state index in [1.807, 2.05) is 20.8 Å². The van der Waals surface area contributed by atoms with Crippen molar-refractivity contribution < 1.29 is 9.53 Å². The fourth-order valence-corrected chi connectivity index (χ4v) is 2.79. The van der Waals surface area contributed by atoms with Crippen LogP contribution in [-0.2, 0) is 10.2 Å². The first-order valence-corrected chi connectivity index (χ1v) is 7.83. The first-order chi connectivity index (χ1) is 9.31. The van der Waals surface area contributed by atoms with E-state index in [2.05, 4.69) is 45.5 Å². The summed E-state index contributed by atoms with van der Waals surface area (Å²) in [6.07, 6.45) is 3.11. The lowest BCUT2D eigenvalue weighted by atomic mass is 9.64. The number of halogens is 1. The van der Waals surface area contributed by atoms with Crippen molar-refractivity contribution in [3.63, 3.8) is 0 Å². The van der Waals surface area contributed by atoms with Gasteiger partial charge in [-0.3, -0.25) is 0 Å². The van der Waals surface area contributed by atoms with Gasteiger partial charge in [0.2, 0.25) is 0 Å². The summed E-state index contributed by atoms with van der Waals surface area (Å²) in [4.78, 5) is 11.8. The van der Waals surface area contributed by atoms with Gasteiger partial charge in [0.15, 0.2) is 0 Å². The van der Waals surface area contributed by atoms with E-state index >= 15 is 0 Å². The Hall–Kier alpha value is -1.03. The molecule has 0 saturated heterocycles. The summed E-state index contributed by atoms with van der Waals surface area (Å²) in [7, 11) is 0. The summed E-state index contributed by atoms with van der Waals surface area (Å²) in [6.45, 7) is 6.27. The summed E-state index contributed by atoms with van der Waals surface area (Å²) in [5.41, 5.74) is 0.925. The monoisotopic (exact) mass is 339 g/mol. The number of ether oxygens (including phenoxy) is 1. The smallest absolute Gasteiger partial charge is 0.407 e. The molecule has 1 fully saturated rings. The first kappa shape index (κ1) is 15.4. The zero-order valence-corrected chi connectivity index (χ0v) is 13.9. The molecule has 0 aliphatic heterocycles. The molecule has 2 rings (SSSR count). The van der Waals surface area contributed by atoms with Gasteiger partial charge in [0, 0.05) is 16.4 Å². The van der Waals surface area contributed by atoms with E-state index in [9.17, 15) is 4.79 Å². The molecule has 3 nitrogen and oxygen atoms in total. The van der Waals surface area contributed by atoms with Crippen LogP contribution in [0.15, 0.2) is 28.7 Å². The molecule has 0 unspecified atom stereocenters. The second kappa shape index (κ2) is 5.76. The van der Waals surface area contributed by atoms with Gasteiger partial charge in [0.1, 0.15) is 5.60 Å². The Bertz CT molecular complexity index is 472. The van der Waals surface area contributed by atoms with Gasteiger partial charge in [0.05, 0.1) is 0 Å². The maximum absolute atomic E-state index is 11.8. The lowest BCUT2D eigenvalue weighted by molar-refractivity contribution is 0.0499. The van der Waals surface area contributed by atoms with Crippen molar-refractivity contribution in [1.29, 1.82) is 0 Å². The summed E-state index contributed by atoms with van der Waals surface area (Å²) in [5, 5.41) is 2.92. The maximum Gasteiger partial charge on any atom is 0.407 e. The number of nitrogens with one attached hydrogen (secondary N) is 1. The number of hydrogen-bond donors (Lipinski definition) is 1. The van der Waals surface area contributed by atoms with Crippen LogP contribution in [0.3, 0.4) is 0 Å². The highest BCUT2D eigenvalue weighted by molar-refractivity contribution is 9.10. The summed E-state index contributed by atoms with van der Waals surface area (Å²) in [6, 6.07) is 8.39. The number of benzene rings is 1. The highest BCUT2D eigenvalue weighted by atomic mass is 79.9. The SMILES string of the molecule is CC(C)(C)OC(=O)NCC1(c2ccc(Br)cc2)CCC1. The number of alkyl carbamates (subject to hydrolysis) is 1. The average Bonchev–Trinajstić information content (AvgIpc) is 2.27. The molecule has 0 radical (unpaired) electrons. The molecule has 0 bridgehead atoms. The van der Waals surface area contributed by atoms with Crippen molar-refractivity contribution >= 4 is 22.0 Å². The van der Waals surface area contributed by atoms with Gasteiger partial charge in [-0.05, 0) is 51.3 Å². The second-order valence-corrected chi connectivity index (χ2v) is 7.41. The molecule has 110 valence electrons. The molecule has 1 aromatic rings. The zero-order valence-electron chi connectivity index (χ0n) is 12.3. The van der Waals surface area contributed by atoms with Crippen molar-refractivity contribution in [1.82, 2.24) is 5.32 Å². The van der Waals surface area contributed by atoms with Gasteiger partial charge in [0.25, 0.3) is 0 Å². The van der Waals surface area contributed by atoms with E-state index in [-0.39, 0.29) is 11.5 Å². The van der Waals surface area contributed by atoms with E-state index in [0.717, 1.165) is 17.3 Å². The minimum absolute atomic E-state index is 0.0810. The number of rotatable bonds is 3. The fourth-order valence-electron chi connectivity index (χ4n) is 2.53. The molecule has 1 aromatic carbocycles. The Labute approximate surface area is 129 Å². The van der Waals surface area contributed by atoms with Crippen molar-refractivity contribution in [2.24, 2.45) is 0 Å². The topological polar surface area (TPSA) is 38.3 Å². The highest BCUT2D eigenvalue weighted by Crippen LogP contribution is 2.43. The third-order valence-electron chi connectivity index (χ3n) is 3.74. The molecule has 4 heteroatoms. The summed E-state index contributed by atoms with van der Waals surface area (Å²) >= 11 is 3.46. The van der Waals surface area contributed by atoms with Crippen LogP contribution >= 0.6 is 15.9 Å². The maximum atomic E-state index is 11.8. The highest BCUT2D eigenvalue weighted by Gasteiger charge is 2.39. The third-order valence-corrected chi connectivity index (χ3v) is 4.27. The quantitative estimate of drug-likeness (QED) is 0.886. The number of amides is 1. The van der Waals surface area contributed by atoms with E-state index in [1.54, 1.807) is 0 Å². The van der Waals surface area contributed by atoms with Gasteiger partial charge in [-0.25, -0.2) is 4.79 Å². The van der Waals surface area contributed by atoms with Gasteiger partial charge < -0.3 is 10.1 Å². The summed E-state index contributed by atoms with van der Waals surface area (Å²) in [5.74, 6) is 0. The minimum atomic E-state index is -0.450. The van der Waals surface area contributed by atoms with Crippen LogP contribution in [0.25, 0.3) is 0 Å². The predicted molar refractivity (Wildman–Crippen MR) is 83.9 cm³/mol. The largest absolute Gasteiger partial charge is 0.444 e. The Morgan fingerprint density at radius 2 is 1.90 bits per heavy atom. The van der Waals surface area contributed by atoms with Crippen molar-refractivity contribution in [2.75, 3.05) is 6.54 Å². The molecule has 1 N–H and O–H groups in total. The minimum Gasteiger partial charge on any atom is -0.444 e. The van der Waals surface area contributed by atoms with Crippen molar-refractivity contribution in [3.05, 3.63) is 34.3 Å². The van der Waals surface area contributed by atoms with Crippen LogP contribution in [0.5, 0.6) is 0 Å².